The van der Waals surface area contributed by atoms with Gasteiger partial charge in [0.05, 0.1) is 18.2 Å². The molecule has 0 saturated carbocycles. The summed E-state index contributed by atoms with van der Waals surface area (Å²) in [5, 5.41) is 3.01. The Morgan fingerprint density at radius 3 is 3.15 bits per heavy atom. The van der Waals surface area contributed by atoms with Crippen LogP contribution in [-0.2, 0) is 22.6 Å². The molecular formula is C19H23N5O2. The van der Waals surface area contributed by atoms with Gasteiger partial charge in [-0.05, 0) is 38.0 Å². The average molecular weight is 353 g/mol. The quantitative estimate of drug-likeness (QED) is 0.763. The Balaban J connectivity index is 1.45. The molecule has 1 aliphatic rings. The highest BCUT2D eigenvalue weighted by atomic mass is 16.5. The lowest BCUT2D eigenvalue weighted by molar-refractivity contribution is -0.127. The van der Waals surface area contributed by atoms with Crippen molar-refractivity contribution in [1.29, 1.82) is 0 Å². The second kappa shape index (κ2) is 6.92. The Hall–Kier alpha value is -2.67. The number of hydrogen-bond acceptors (Lipinski definition) is 4. The van der Waals surface area contributed by atoms with Crippen molar-refractivity contribution >= 4 is 11.6 Å². The van der Waals surface area contributed by atoms with Crippen LogP contribution in [0.2, 0.25) is 0 Å². The number of carbonyl (C=O) groups is 1. The number of amides is 1. The second-order valence-electron chi connectivity index (χ2n) is 6.68. The van der Waals surface area contributed by atoms with Gasteiger partial charge in [-0.15, -0.1) is 0 Å². The summed E-state index contributed by atoms with van der Waals surface area (Å²) in [4.78, 5) is 21.7. The third kappa shape index (κ3) is 3.10. The zero-order chi connectivity index (χ0) is 18.1. The maximum atomic E-state index is 12.7. The maximum Gasteiger partial charge on any atom is 0.226 e. The van der Waals surface area contributed by atoms with Gasteiger partial charge in [0, 0.05) is 37.9 Å². The number of carbonyl (C=O) groups excluding carboxylic acids is 1. The second-order valence-corrected chi connectivity index (χ2v) is 6.68. The normalized spacial score (nSPS) is 19.9. The molecule has 0 bridgehead atoms. The van der Waals surface area contributed by atoms with Crippen LogP contribution in [0.1, 0.15) is 36.5 Å². The first kappa shape index (κ1) is 16.8. The highest BCUT2D eigenvalue weighted by molar-refractivity contribution is 5.79. The predicted molar refractivity (Wildman–Crippen MR) is 96.5 cm³/mol. The van der Waals surface area contributed by atoms with Gasteiger partial charge in [-0.3, -0.25) is 4.79 Å². The fourth-order valence-electron chi connectivity index (χ4n) is 3.49. The number of rotatable bonds is 5. The van der Waals surface area contributed by atoms with Crippen molar-refractivity contribution in [2.75, 3.05) is 6.61 Å². The molecule has 7 heteroatoms. The van der Waals surface area contributed by atoms with Gasteiger partial charge < -0.3 is 19.0 Å². The van der Waals surface area contributed by atoms with E-state index in [1.807, 2.05) is 46.6 Å². The van der Waals surface area contributed by atoms with Crippen molar-refractivity contribution in [3.8, 4) is 0 Å². The van der Waals surface area contributed by atoms with E-state index in [1.54, 1.807) is 6.20 Å². The summed E-state index contributed by atoms with van der Waals surface area (Å²) < 4.78 is 9.82. The van der Waals surface area contributed by atoms with Crippen LogP contribution in [-0.4, -0.2) is 31.4 Å². The summed E-state index contributed by atoms with van der Waals surface area (Å²) in [5.74, 6) is 0.599. The van der Waals surface area contributed by atoms with Gasteiger partial charge in [-0.25, -0.2) is 9.97 Å². The van der Waals surface area contributed by atoms with Crippen LogP contribution in [0.3, 0.4) is 0 Å². The van der Waals surface area contributed by atoms with E-state index in [2.05, 4.69) is 22.2 Å². The van der Waals surface area contributed by atoms with E-state index in [0.717, 1.165) is 29.3 Å². The molecule has 1 fully saturated rings. The SMILES string of the molecule is CCn1ccnc1[C@@H]1OCC[C@H]1C(=O)NCc1cn2ccc(C)cc2n1. The molecule has 1 N–H and O–H groups in total. The fourth-order valence-corrected chi connectivity index (χ4v) is 3.49. The zero-order valence-electron chi connectivity index (χ0n) is 15.1. The fraction of sp³-hybridized carbons (Fsp3) is 0.421. The third-order valence-corrected chi connectivity index (χ3v) is 4.88. The van der Waals surface area contributed by atoms with Crippen LogP contribution in [0.25, 0.3) is 5.65 Å². The van der Waals surface area contributed by atoms with Crippen LogP contribution in [0, 0.1) is 12.8 Å². The molecule has 0 aromatic carbocycles. The Labute approximate surface area is 152 Å². The van der Waals surface area contributed by atoms with Crippen LogP contribution >= 0.6 is 0 Å². The number of nitrogens with zero attached hydrogens (tertiary/aromatic N) is 4. The first-order chi connectivity index (χ1) is 12.7. The summed E-state index contributed by atoms with van der Waals surface area (Å²) >= 11 is 0. The van der Waals surface area contributed by atoms with Crippen LogP contribution < -0.4 is 5.32 Å². The first-order valence-corrected chi connectivity index (χ1v) is 9.00. The van der Waals surface area contributed by atoms with Gasteiger partial charge in [0.2, 0.25) is 5.91 Å². The van der Waals surface area contributed by atoms with Gasteiger partial charge in [0.15, 0.2) is 0 Å². The molecule has 0 radical (unpaired) electrons. The van der Waals surface area contributed by atoms with Gasteiger partial charge in [0.25, 0.3) is 0 Å². The molecule has 3 aromatic heterocycles. The van der Waals surface area contributed by atoms with Gasteiger partial charge in [-0.2, -0.15) is 0 Å². The number of hydrogen-bond donors (Lipinski definition) is 1. The topological polar surface area (TPSA) is 73.5 Å². The molecule has 3 aromatic rings. The lowest BCUT2D eigenvalue weighted by Gasteiger charge is -2.18. The van der Waals surface area contributed by atoms with E-state index < -0.39 is 0 Å². The number of nitrogens with one attached hydrogen (secondary N) is 1. The summed E-state index contributed by atoms with van der Waals surface area (Å²) in [6, 6.07) is 4.06. The zero-order valence-corrected chi connectivity index (χ0v) is 15.1. The Morgan fingerprint density at radius 1 is 1.42 bits per heavy atom. The molecule has 1 saturated heterocycles. The van der Waals surface area contributed by atoms with Crippen molar-refractivity contribution in [1.82, 2.24) is 24.3 Å². The molecule has 0 spiro atoms. The van der Waals surface area contributed by atoms with Crippen molar-refractivity contribution in [3.63, 3.8) is 0 Å². The lowest BCUT2D eigenvalue weighted by atomic mass is 10.00. The largest absolute Gasteiger partial charge is 0.369 e. The number of aromatic nitrogens is 4. The van der Waals surface area contributed by atoms with E-state index >= 15 is 0 Å². The van der Waals surface area contributed by atoms with Crippen LogP contribution in [0.15, 0.2) is 36.9 Å². The van der Waals surface area contributed by atoms with E-state index in [0.29, 0.717) is 19.6 Å². The molecule has 2 atom stereocenters. The molecule has 0 aliphatic carbocycles. The third-order valence-electron chi connectivity index (χ3n) is 4.88. The number of pyridine rings is 1. The molecule has 136 valence electrons. The number of fused-ring (bicyclic) bond motifs is 1. The molecule has 0 unspecified atom stereocenters. The van der Waals surface area contributed by atoms with Gasteiger partial charge >= 0.3 is 0 Å². The molecule has 1 amide bonds. The summed E-state index contributed by atoms with van der Waals surface area (Å²) in [6.45, 7) is 5.89. The van der Waals surface area contributed by atoms with Crippen molar-refractivity contribution in [2.45, 2.75) is 39.5 Å². The Bertz CT molecular complexity index is 929. The Morgan fingerprint density at radius 2 is 2.31 bits per heavy atom. The van der Waals surface area contributed by atoms with E-state index in [9.17, 15) is 4.79 Å². The predicted octanol–water partition coefficient (Wildman–Crippen LogP) is 2.25. The lowest BCUT2D eigenvalue weighted by Crippen LogP contribution is -2.32. The summed E-state index contributed by atoms with van der Waals surface area (Å²) in [5.41, 5.74) is 2.90. The minimum absolute atomic E-state index is 0.00797. The minimum atomic E-state index is -0.284. The average Bonchev–Trinajstić information content (AvgIpc) is 3.36. The van der Waals surface area contributed by atoms with Crippen molar-refractivity contribution in [2.24, 2.45) is 5.92 Å². The van der Waals surface area contributed by atoms with Gasteiger partial charge in [0.1, 0.15) is 17.6 Å². The highest BCUT2D eigenvalue weighted by Gasteiger charge is 2.37. The number of aryl methyl sites for hydroxylation is 2. The van der Waals surface area contributed by atoms with Crippen molar-refractivity contribution < 1.29 is 9.53 Å². The molecule has 1 aliphatic heterocycles. The number of imidazole rings is 2. The number of ether oxygens (including phenoxy) is 1. The molecule has 7 nitrogen and oxygen atoms in total. The van der Waals surface area contributed by atoms with E-state index in [-0.39, 0.29) is 17.9 Å². The Kier molecular flexibility index (Phi) is 4.46. The molecule has 4 rings (SSSR count). The van der Waals surface area contributed by atoms with Crippen LogP contribution in [0.5, 0.6) is 0 Å². The monoisotopic (exact) mass is 353 g/mol. The smallest absolute Gasteiger partial charge is 0.226 e. The van der Waals surface area contributed by atoms with Crippen LogP contribution in [0.4, 0.5) is 0 Å². The molecule has 4 heterocycles. The summed E-state index contributed by atoms with van der Waals surface area (Å²) in [6.07, 6.45) is 8.03. The van der Waals surface area contributed by atoms with E-state index in [1.165, 1.54) is 0 Å². The van der Waals surface area contributed by atoms with E-state index in [4.69, 9.17) is 4.74 Å². The standard InChI is InChI=1S/C19H23N5O2/c1-3-23-8-6-20-18(23)17-15(5-9-26-17)19(25)21-11-14-12-24-7-4-13(2)10-16(24)22-14/h4,6-8,10,12,15,17H,3,5,9,11H2,1-2H3,(H,21,25)/t15-,17-/m1/s1. The molecular weight excluding hydrogens is 330 g/mol. The van der Waals surface area contributed by atoms with Gasteiger partial charge in [-0.1, -0.05) is 0 Å². The first-order valence-electron chi connectivity index (χ1n) is 9.00. The van der Waals surface area contributed by atoms with Crippen molar-refractivity contribution in [3.05, 3.63) is 54.0 Å². The maximum absolute atomic E-state index is 12.7. The minimum Gasteiger partial charge on any atom is -0.369 e. The summed E-state index contributed by atoms with van der Waals surface area (Å²) in [7, 11) is 0. The highest BCUT2D eigenvalue weighted by Crippen LogP contribution is 2.33. The molecule has 26 heavy (non-hydrogen) atoms.